The Bertz CT molecular complexity index is 349. The van der Waals surface area contributed by atoms with Gasteiger partial charge in [-0.15, -0.1) is 0 Å². The van der Waals surface area contributed by atoms with Crippen molar-refractivity contribution in [3.63, 3.8) is 0 Å². The topological polar surface area (TPSA) is 56.2 Å². The third-order valence-corrected chi connectivity index (χ3v) is 2.57. The number of esters is 1. The van der Waals surface area contributed by atoms with Crippen molar-refractivity contribution in [1.82, 2.24) is 14.9 Å². The quantitative estimate of drug-likeness (QED) is 0.721. The van der Waals surface area contributed by atoms with E-state index in [4.69, 9.17) is 4.74 Å². The maximum Gasteiger partial charge on any atom is 0.324 e. The van der Waals surface area contributed by atoms with E-state index in [-0.39, 0.29) is 12.0 Å². The van der Waals surface area contributed by atoms with Gasteiger partial charge in [0.1, 0.15) is 11.9 Å². The van der Waals surface area contributed by atoms with Gasteiger partial charge in [-0.1, -0.05) is 6.92 Å². The first-order valence-electron chi connectivity index (χ1n) is 6.06. The van der Waals surface area contributed by atoms with Crippen LogP contribution >= 0.6 is 0 Å². The summed E-state index contributed by atoms with van der Waals surface area (Å²) in [5.41, 5.74) is 0. The number of likely N-dealkylation sites (N-methyl/N-ethyl adjacent to an activating group) is 1. The molecule has 1 aromatic rings. The van der Waals surface area contributed by atoms with Crippen molar-refractivity contribution >= 4 is 5.97 Å². The van der Waals surface area contributed by atoms with E-state index in [1.807, 2.05) is 17.7 Å². The fraction of sp³-hybridized carbons (Fsp3) is 0.667. The standard InChI is InChI=1S/C12H21N3O2/c1-4-6-11-14-7-8-15(11)9-10(13-3)12(16)17-5-2/h7-8,10,13H,4-6,9H2,1-3H3. The van der Waals surface area contributed by atoms with Gasteiger partial charge in [-0.2, -0.15) is 0 Å². The van der Waals surface area contributed by atoms with Crippen molar-refractivity contribution in [2.45, 2.75) is 39.3 Å². The van der Waals surface area contributed by atoms with Crippen molar-refractivity contribution in [1.29, 1.82) is 0 Å². The fourth-order valence-corrected chi connectivity index (χ4v) is 1.68. The largest absolute Gasteiger partial charge is 0.465 e. The summed E-state index contributed by atoms with van der Waals surface area (Å²) in [4.78, 5) is 15.9. The van der Waals surface area contributed by atoms with E-state index >= 15 is 0 Å². The van der Waals surface area contributed by atoms with Gasteiger partial charge < -0.3 is 14.6 Å². The number of rotatable bonds is 7. The van der Waals surface area contributed by atoms with Crippen LogP contribution in [0.3, 0.4) is 0 Å². The lowest BCUT2D eigenvalue weighted by Crippen LogP contribution is -2.39. The van der Waals surface area contributed by atoms with E-state index in [0.717, 1.165) is 18.7 Å². The zero-order valence-corrected chi connectivity index (χ0v) is 10.8. The molecule has 0 aliphatic heterocycles. The second-order valence-electron chi connectivity index (χ2n) is 3.84. The van der Waals surface area contributed by atoms with Crippen LogP contribution in [0, 0.1) is 0 Å². The SMILES string of the molecule is CCCc1nccn1CC(NC)C(=O)OCC. The van der Waals surface area contributed by atoms with E-state index < -0.39 is 0 Å². The molecule has 0 saturated heterocycles. The smallest absolute Gasteiger partial charge is 0.324 e. The second-order valence-corrected chi connectivity index (χ2v) is 3.84. The third-order valence-electron chi connectivity index (χ3n) is 2.57. The summed E-state index contributed by atoms with van der Waals surface area (Å²) in [6.07, 6.45) is 5.63. The molecule has 0 aliphatic rings. The molecule has 0 aliphatic carbocycles. The average molecular weight is 239 g/mol. The summed E-state index contributed by atoms with van der Waals surface area (Å²) in [6.45, 7) is 4.89. The molecule has 0 radical (unpaired) electrons. The predicted molar refractivity (Wildman–Crippen MR) is 65.7 cm³/mol. The minimum atomic E-state index is -0.320. The number of imidazole rings is 1. The number of hydrogen-bond donors (Lipinski definition) is 1. The van der Waals surface area contributed by atoms with Crippen molar-refractivity contribution in [3.8, 4) is 0 Å². The number of nitrogens with one attached hydrogen (secondary N) is 1. The lowest BCUT2D eigenvalue weighted by Gasteiger charge is -2.16. The fourth-order valence-electron chi connectivity index (χ4n) is 1.68. The molecule has 5 nitrogen and oxygen atoms in total. The number of carbonyl (C=O) groups excluding carboxylic acids is 1. The summed E-state index contributed by atoms with van der Waals surface area (Å²) in [5.74, 6) is 0.795. The molecule has 0 bridgehead atoms. The molecule has 96 valence electrons. The number of hydrogen-bond acceptors (Lipinski definition) is 4. The molecule has 1 N–H and O–H groups in total. The van der Waals surface area contributed by atoms with Crippen molar-refractivity contribution in [2.75, 3.05) is 13.7 Å². The highest BCUT2D eigenvalue weighted by molar-refractivity contribution is 5.75. The summed E-state index contributed by atoms with van der Waals surface area (Å²) in [5, 5.41) is 2.97. The molecule has 1 rings (SSSR count). The number of carbonyl (C=O) groups is 1. The van der Waals surface area contributed by atoms with Gasteiger partial charge in [-0.05, 0) is 20.4 Å². The number of aryl methyl sites for hydroxylation is 1. The molecule has 0 aromatic carbocycles. The van der Waals surface area contributed by atoms with Gasteiger partial charge in [0.15, 0.2) is 0 Å². The molecular weight excluding hydrogens is 218 g/mol. The van der Waals surface area contributed by atoms with E-state index in [2.05, 4.69) is 17.2 Å². The van der Waals surface area contributed by atoms with Gasteiger partial charge in [0, 0.05) is 25.4 Å². The summed E-state index contributed by atoms with van der Waals surface area (Å²) >= 11 is 0. The minimum Gasteiger partial charge on any atom is -0.465 e. The zero-order chi connectivity index (χ0) is 12.7. The highest BCUT2D eigenvalue weighted by atomic mass is 16.5. The first-order chi connectivity index (χ1) is 8.22. The van der Waals surface area contributed by atoms with Gasteiger partial charge in [0.2, 0.25) is 0 Å². The summed E-state index contributed by atoms with van der Waals surface area (Å²) < 4.78 is 7.01. The maximum atomic E-state index is 11.7. The number of ether oxygens (including phenoxy) is 1. The van der Waals surface area contributed by atoms with Gasteiger partial charge in [-0.25, -0.2) is 4.98 Å². The Balaban J connectivity index is 2.66. The lowest BCUT2D eigenvalue weighted by atomic mass is 10.2. The molecule has 17 heavy (non-hydrogen) atoms. The summed E-state index contributed by atoms with van der Waals surface area (Å²) in [6, 6.07) is -0.320. The first kappa shape index (κ1) is 13.7. The molecular formula is C12H21N3O2. The molecule has 1 atom stereocenters. The molecule has 0 amide bonds. The van der Waals surface area contributed by atoms with Crippen LogP contribution in [0.1, 0.15) is 26.1 Å². The highest BCUT2D eigenvalue weighted by Gasteiger charge is 2.18. The molecule has 1 aromatic heterocycles. The van der Waals surface area contributed by atoms with Gasteiger partial charge in [0.05, 0.1) is 6.61 Å². The maximum absolute atomic E-state index is 11.7. The van der Waals surface area contributed by atoms with Crippen LogP contribution < -0.4 is 5.32 Å². The van der Waals surface area contributed by atoms with Gasteiger partial charge in [-0.3, -0.25) is 4.79 Å². The molecule has 1 unspecified atom stereocenters. The normalized spacial score (nSPS) is 12.4. The zero-order valence-electron chi connectivity index (χ0n) is 10.8. The predicted octanol–water partition coefficient (Wildman–Crippen LogP) is 0.987. The Kier molecular flexibility index (Phi) is 5.69. The molecule has 0 spiro atoms. The monoisotopic (exact) mass is 239 g/mol. The van der Waals surface area contributed by atoms with E-state index in [1.54, 1.807) is 13.2 Å². The van der Waals surface area contributed by atoms with Gasteiger partial charge >= 0.3 is 5.97 Å². The van der Waals surface area contributed by atoms with Crippen LogP contribution in [0.2, 0.25) is 0 Å². The van der Waals surface area contributed by atoms with E-state index in [0.29, 0.717) is 13.2 Å². The minimum absolute atomic E-state index is 0.217. The second kappa shape index (κ2) is 7.06. The molecule has 0 saturated carbocycles. The van der Waals surface area contributed by atoms with Crippen LogP contribution in [-0.4, -0.2) is 35.2 Å². The van der Waals surface area contributed by atoms with Crippen LogP contribution in [0.5, 0.6) is 0 Å². The number of nitrogens with zero attached hydrogens (tertiary/aromatic N) is 2. The molecule has 5 heteroatoms. The van der Waals surface area contributed by atoms with Crippen LogP contribution in [-0.2, 0) is 22.5 Å². The van der Waals surface area contributed by atoms with Crippen LogP contribution in [0.15, 0.2) is 12.4 Å². The van der Waals surface area contributed by atoms with Crippen molar-refractivity contribution in [2.24, 2.45) is 0 Å². The van der Waals surface area contributed by atoms with Crippen LogP contribution in [0.4, 0.5) is 0 Å². The van der Waals surface area contributed by atoms with E-state index in [1.165, 1.54) is 0 Å². The molecule has 0 fully saturated rings. The Hall–Kier alpha value is -1.36. The van der Waals surface area contributed by atoms with Crippen LogP contribution in [0.25, 0.3) is 0 Å². The Labute approximate surface area is 102 Å². The Morgan fingerprint density at radius 1 is 1.59 bits per heavy atom. The Morgan fingerprint density at radius 2 is 2.35 bits per heavy atom. The molecule has 1 heterocycles. The van der Waals surface area contributed by atoms with Crippen molar-refractivity contribution in [3.05, 3.63) is 18.2 Å². The highest BCUT2D eigenvalue weighted by Crippen LogP contribution is 2.04. The lowest BCUT2D eigenvalue weighted by molar-refractivity contribution is -0.145. The van der Waals surface area contributed by atoms with E-state index in [9.17, 15) is 4.79 Å². The number of aromatic nitrogens is 2. The summed E-state index contributed by atoms with van der Waals surface area (Å²) in [7, 11) is 1.76. The van der Waals surface area contributed by atoms with Gasteiger partial charge in [0.25, 0.3) is 0 Å². The third kappa shape index (κ3) is 3.85. The average Bonchev–Trinajstić information content (AvgIpc) is 2.74. The Morgan fingerprint density at radius 3 is 2.94 bits per heavy atom. The first-order valence-corrected chi connectivity index (χ1v) is 6.06. The van der Waals surface area contributed by atoms with Crippen molar-refractivity contribution < 1.29 is 9.53 Å².